The molecule has 0 saturated heterocycles. The molecular weight excluding hydrogens is 172 g/mol. The number of nitrogens with one attached hydrogen (secondary N) is 1. The molecule has 0 radical (unpaired) electrons. The van der Waals surface area contributed by atoms with Gasteiger partial charge in [0.25, 0.3) is 0 Å². The Morgan fingerprint density at radius 2 is 1.93 bits per heavy atom. The second-order valence-electron chi connectivity index (χ2n) is 3.43. The molecule has 0 fully saturated rings. The van der Waals surface area contributed by atoms with Crippen molar-refractivity contribution in [2.24, 2.45) is 0 Å². The third kappa shape index (κ3) is 6.01. The number of rotatable bonds is 7. The average Bonchev–Trinajstić information content (AvgIpc) is 2.23. The van der Waals surface area contributed by atoms with Gasteiger partial charge < -0.3 is 10.2 Å². The van der Waals surface area contributed by atoms with Crippen LogP contribution in [0.2, 0.25) is 0 Å². The summed E-state index contributed by atoms with van der Waals surface area (Å²) in [5.74, 6) is 6.07. The monoisotopic (exact) mass is 196 g/mol. The molecule has 82 valence electrons. The van der Waals surface area contributed by atoms with Gasteiger partial charge in [0.1, 0.15) is 0 Å². The first-order chi connectivity index (χ1) is 6.78. The molecule has 0 aromatic heterocycles. The predicted octanol–water partition coefficient (Wildman–Crippen LogP) is 1.72. The minimum atomic E-state index is 0.544. The van der Waals surface area contributed by atoms with E-state index in [2.05, 4.69) is 35.9 Å². The van der Waals surface area contributed by atoms with Gasteiger partial charge in [-0.1, -0.05) is 13.8 Å². The highest BCUT2D eigenvalue weighted by Crippen LogP contribution is 1.99. The predicted molar refractivity (Wildman–Crippen MR) is 63.3 cm³/mol. The van der Waals surface area contributed by atoms with Crippen LogP contribution in [0.3, 0.4) is 0 Å². The fourth-order valence-electron chi connectivity index (χ4n) is 1.45. The zero-order chi connectivity index (χ0) is 10.8. The van der Waals surface area contributed by atoms with Crippen LogP contribution in [0.15, 0.2) is 0 Å². The van der Waals surface area contributed by atoms with Crippen LogP contribution in [0.1, 0.15) is 33.6 Å². The Labute approximate surface area is 89.1 Å². The van der Waals surface area contributed by atoms with E-state index in [1.807, 2.05) is 14.0 Å². The lowest BCUT2D eigenvalue weighted by atomic mass is 10.1. The second-order valence-corrected chi connectivity index (χ2v) is 3.43. The van der Waals surface area contributed by atoms with Crippen molar-refractivity contribution in [3.8, 4) is 11.8 Å². The fourth-order valence-corrected chi connectivity index (χ4v) is 1.45. The maximum Gasteiger partial charge on any atom is 0.0243 e. The van der Waals surface area contributed by atoms with E-state index in [1.54, 1.807) is 0 Å². The van der Waals surface area contributed by atoms with Crippen molar-refractivity contribution in [2.75, 3.05) is 26.7 Å². The van der Waals surface area contributed by atoms with Gasteiger partial charge in [0.15, 0.2) is 0 Å². The lowest BCUT2D eigenvalue weighted by molar-refractivity contribution is 0.284. The molecule has 0 spiro atoms. The van der Waals surface area contributed by atoms with E-state index in [0.29, 0.717) is 6.04 Å². The van der Waals surface area contributed by atoms with Crippen LogP contribution in [-0.2, 0) is 0 Å². The van der Waals surface area contributed by atoms with Gasteiger partial charge in [-0.05, 0) is 40.0 Å². The van der Waals surface area contributed by atoms with Gasteiger partial charge >= 0.3 is 0 Å². The highest BCUT2D eigenvalue weighted by atomic mass is 15.1. The van der Waals surface area contributed by atoms with E-state index in [-0.39, 0.29) is 0 Å². The molecule has 0 aromatic carbocycles. The smallest absolute Gasteiger partial charge is 0.0243 e. The Morgan fingerprint density at radius 1 is 1.29 bits per heavy atom. The van der Waals surface area contributed by atoms with Gasteiger partial charge in [-0.15, -0.1) is 11.8 Å². The third-order valence-electron chi connectivity index (χ3n) is 2.62. The molecule has 0 amide bonds. The molecule has 1 unspecified atom stereocenters. The summed E-state index contributed by atoms with van der Waals surface area (Å²) in [6.45, 7) is 9.78. The first kappa shape index (κ1) is 13.5. The van der Waals surface area contributed by atoms with Crippen molar-refractivity contribution in [3.05, 3.63) is 0 Å². The number of nitrogens with zero attached hydrogens (tertiary/aromatic N) is 1. The lowest BCUT2D eigenvalue weighted by Crippen LogP contribution is -2.32. The molecule has 0 bridgehead atoms. The molecule has 0 heterocycles. The highest BCUT2D eigenvalue weighted by molar-refractivity contribution is 4.98. The first-order valence-electron chi connectivity index (χ1n) is 5.57. The molecule has 0 rings (SSSR count). The minimum Gasteiger partial charge on any atom is -0.316 e. The maximum atomic E-state index is 3.31. The summed E-state index contributed by atoms with van der Waals surface area (Å²) >= 11 is 0. The van der Waals surface area contributed by atoms with Gasteiger partial charge in [0.2, 0.25) is 0 Å². The molecule has 0 aliphatic carbocycles. The van der Waals surface area contributed by atoms with Crippen LogP contribution in [0, 0.1) is 11.8 Å². The van der Waals surface area contributed by atoms with E-state index in [0.717, 1.165) is 19.5 Å². The Bertz CT molecular complexity index is 174. The lowest BCUT2D eigenvalue weighted by Gasteiger charge is -2.21. The molecule has 0 aromatic rings. The third-order valence-corrected chi connectivity index (χ3v) is 2.62. The largest absolute Gasteiger partial charge is 0.316 e. The van der Waals surface area contributed by atoms with Crippen molar-refractivity contribution in [3.63, 3.8) is 0 Å². The molecule has 1 N–H and O–H groups in total. The summed E-state index contributed by atoms with van der Waals surface area (Å²) in [5, 5.41) is 3.31. The fraction of sp³-hybridized carbons (Fsp3) is 0.833. The molecule has 0 saturated carbocycles. The zero-order valence-corrected chi connectivity index (χ0v) is 10.1. The van der Waals surface area contributed by atoms with Crippen molar-refractivity contribution in [1.29, 1.82) is 0 Å². The van der Waals surface area contributed by atoms with Crippen LogP contribution in [0.25, 0.3) is 0 Å². The van der Waals surface area contributed by atoms with E-state index < -0.39 is 0 Å². The van der Waals surface area contributed by atoms with Crippen molar-refractivity contribution in [2.45, 2.75) is 39.7 Å². The molecule has 14 heavy (non-hydrogen) atoms. The van der Waals surface area contributed by atoms with Crippen LogP contribution in [0.4, 0.5) is 0 Å². The Kier molecular flexibility index (Phi) is 8.72. The first-order valence-corrected chi connectivity index (χ1v) is 5.57. The summed E-state index contributed by atoms with van der Waals surface area (Å²) in [7, 11) is 2.02. The SMILES string of the molecule is CC#CCC(CCN(CC)CC)NC. The van der Waals surface area contributed by atoms with Crippen LogP contribution >= 0.6 is 0 Å². The summed E-state index contributed by atoms with van der Waals surface area (Å²) in [6.07, 6.45) is 2.15. The molecular formula is C12H24N2. The topological polar surface area (TPSA) is 15.3 Å². The Balaban J connectivity index is 3.73. The molecule has 2 heteroatoms. The summed E-state index contributed by atoms with van der Waals surface area (Å²) in [6, 6.07) is 0.544. The second kappa shape index (κ2) is 9.05. The average molecular weight is 196 g/mol. The number of hydrogen-bond donors (Lipinski definition) is 1. The van der Waals surface area contributed by atoms with Crippen molar-refractivity contribution in [1.82, 2.24) is 10.2 Å². The van der Waals surface area contributed by atoms with E-state index in [1.165, 1.54) is 13.0 Å². The van der Waals surface area contributed by atoms with Gasteiger partial charge in [-0.3, -0.25) is 0 Å². The summed E-state index contributed by atoms with van der Waals surface area (Å²) < 4.78 is 0. The van der Waals surface area contributed by atoms with Crippen LogP contribution in [0.5, 0.6) is 0 Å². The van der Waals surface area contributed by atoms with E-state index >= 15 is 0 Å². The van der Waals surface area contributed by atoms with Crippen LogP contribution < -0.4 is 5.32 Å². The Morgan fingerprint density at radius 3 is 2.36 bits per heavy atom. The van der Waals surface area contributed by atoms with E-state index in [4.69, 9.17) is 0 Å². The van der Waals surface area contributed by atoms with Crippen molar-refractivity contribution >= 4 is 0 Å². The quantitative estimate of drug-likeness (QED) is 0.624. The standard InChI is InChI=1S/C12H24N2/c1-5-8-9-12(13-4)10-11-14(6-2)7-3/h12-13H,6-7,9-11H2,1-4H3. The van der Waals surface area contributed by atoms with Crippen molar-refractivity contribution < 1.29 is 0 Å². The molecule has 0 aliphatic heterocycles. The number of hydrogen-bond acceptors (Lipinski definition) is 2. The van der Waals surface area contributed by atoms with Gasteiger partial charge in [-0.25, -0.2) is 0 Å². The van der Waals surface area contributed by atoms with Gasteiger partial charge in [0, 0.05) is 12.5 Å². The zero-order valence-electron chi connectivity index (χ0n) is 10.1. The van der Waals surface area contributed by atoms with Crippen LogP contribution in [-0.4, -0.2) is 37.6 Å². The van der Waals surface area contributed by atoms with Gasteiger partial charge in [0.05, 0.1) is 0 Å². The Hall–Kier alpha value is -0.520. The van der Waals surface area contributed by atoms with E-state index in [9.17, 15) is 0 Å². The minimum absolute atomic E-state index is 0.544. The van der Waals surface area contributed by atoms with Gasteiger partial charge in [-0.2, -0.15) is 0 Å². The maximum absolute atomic E-state index is 3.31. The summed E-state index contributed by atoms with van der Waals surface area (Å²) in [4.78, 5) is 2.45. The molecule has 1 atom stereocenters. The normalized spacial score (nSPS) is 12.4. The molecule has 2 nitrogen and oxygen atoms in total. The highest BCUT2D eigenvalue weighted by Gasteiger charge is 2.06. The molecule has 0 aliphatic rings. The summed E-state index contributed by atoms with van der Waals surface area (Å²) in [5.41, 5.74) is 0.